The van der Waals surface area contributed by atoms with E-state index in [2.05, 4.69) is 16.0 Å². The third-order valence-corrected chi connectivity index (χ3v) is 7.02. The highest BCUT2D eigenvalue weighted by atomic mass is 19.1. The van der Waals surface area contributed by atoms with E-state index in [0.717, 1.165) is 16.7 Å². The summed E-state index contributed by atoms with van der Waals surface area (Å²) in [6.07, 6.45) is -0.547. The number of amides is 3. The van der Waals surface area contributed by atoms with Crippen molar-refractivity contribution in [2.45, 2.75) is 38.9 Å². The second-order valence-corrected chi connectivity index (χ2v) is 9.88. The van der Waals surface area contributed by atoms with Gasteiger partial charge in [0.1, 0.15) is 11.9 Å². The molecule has 0 radical (unpaired) electrons. The Morgan fingerprint density at radius 3 is 2.68 bits per heavy atom. The minimum atomic E-state index is -0.910. The number of ether oxygens (including phenoxy) is 1. The van der Waals surface area contributed by atoms with Crippen molar-refractivity contribution in [2.24, 2.45) is 0 Å². The van der Waals surface area contributed by atoms with Crippen LogP contribution in [0.5, 0.6) is 0 Å². The van der Waals surface area contributed by atoms with Crippen LogP contribution in [0.3, 0.4) is 0 Å². The molecule has 3 aliphatic rings. The SMILES string of the molecule is Cc1cc2ccc1[C@@H](C)COC(=O)Nc1cccc(c1)CN(C)C(=O)[C@@H]2Nc1cc2c(cc1F)CNC2=O. The minimum absolute atomic E-state index is 0.0789. The van der Waals surface area contributed by atoms with Gasteiger partial charge in [-0.1, -0.05) is 37.3 Å². The zero-order valence-corrected chi connectivity index (χ0v) is 21.4. The summed E-state index contributed by atoms with van der Waals surface area (Å²) in [7, 11) is 1.67. The fraction of sp³-hybridized carbons (Fsp3) is 0.276. The van der Waals surface area contributed by atoms with E-state index in [-0.39, 0.29) is 43.1 Å². The van der Waals surface area contributed by atoms with E-state index in [0.29, 0.717) is 22.4 Å². The highest BCUT2D eigenvalue weighted by Gasteiger charge is 2.28. The first-order valence-electron chi connectivity index (χ1n) is 12.4. The molecule has 0 fully saturated rings. The highest BCUT2D eigenvalue weighted by Crippen LogP contribution is 2.31. The lowest BCUT2D eigenvalue weighted by Gasteiger charge is -2.27. The monoisotopic (exact) mass is 516 g/mol. The standard InChI is InChI=1S/C29H29FN4O4/c1-16-9-19-7-8-22(16)17(2)15-38-29(37)32-21-6-4-5-18(10-21)14-34(3)28(36)26(19)33-25-12-23-20(11-24(25)30)13-31-27(23)35/h4-12,17,26,33H,13-15H2,1-3H3,(H,31,35)(H,32,37)/t17-,26+/m0/s1. The number of anilines is 2. The second-order valence-electron chi connectivity index (χ2n) is 9.88. The summed E-state index contributed by atoms with van der Waals surface area (Å²) in [5, 5.41) is 8.51. The van der Waals surface area contributed by atoms with Gasteiger partial charge in [0.05, 0.1) is 12.3 Å². The lowest BCUT2D eigenvalue weighted by Crippen LogP contribution is -2.35. The van der Waals surface area contributed by atoms with Gasteiger partial charge in [0.15, 0.2) is 0 Å². The molecule has 196 valence electrons. The van der Waals surface area contributed by atoms with E-state index in [9.17, 15) is 14.4 Å². The Bertz CT molecular complexity index is 1440. The summed E-state index contributed by atoms with van der Waals surface area (Å²) in [5.74, 6) is -1.18. The summed E-state index contributed by atoms with van der Waals surface area (Å²) in [6, 6.07) is 14.7. The van der Waals surface area contributed by atoms with Crippen molar-refractivity contribution in [3.05, 3.63) is 93.8 Å². The Morgan fingerprint density at radius 1 is 1.08 bits per heavy atom. The lowest BCUT2D eigenvalue weighted by atomic mass is 9.92. The fourth-order valence-corrected chi connectivity index (χ4v) is 4.99. The van der Waals surface area contributed by atoms with Gasteiger partial charge < -0.3 is 20.3 Å². The third kappa shape index (κ3) is 5.04. The number of nitrogens with zero attached hydrogens (tertiary/aromatic N) is 1. The summed E-state index contributed by atoms with van der Waals surface area (Å²) in [5.41, 5.74) is 4.94. The molecule has 0 saturated heterocycles. The van der Waals surface area contributed by atoms with Crippen LogP contribution in [-0.2, 0) is 22.6 Å². The van der Waals surface area contributed by atoms with E-state index in [1.54, 1.807) is 30.1 Å². The Balaban J connectivity index is 1.56. The Morgan fingerprint density at radius 2 is 1.89 bits per heavy atom. The molecule has 3 N–H and O–H groups in total. The van der Waals surface area contributed by atoms with Crippen molar-refractivity contribution in [1.29, 1.82) is 0 Å². The van der Waals surface area contributed by atoms with E-state index in [1.165, 1.54) is 12.1 Å². The van der Waals surface area contributed by atoms with E-state index in [1.807, 2.05) is 38.1 Å². The van der Waals surface area contributed by atoms with Crippen molar-refractivity contribution in [3.8, 4) is 0 Å². The number of hydrogen-bond acceptors (Lipinski definition) is 5. The molecule has 3 heterocycles. The van der Waals surface area contributed by atoms with Crippen LogP contribution in [0.1, 0.15) is 57.1 Å². The molecule has 38 heavy (non-hydrogen) atoms. The van der Waals surface area contributed by atoms with Gasteiger partial charge in [0.2, 0.25) is 5.91 Å². The smallest absolute Gasteiger partial charge is 0.411 e. The molecule has 3 aromatic carbocycles. The Hall–Kier alpha value is -4.40. The predicted octanol–water partition coefficient (Wildman–Crippen LogP) is 4.85. The molecular formula is C29H29FN4O4. The van der Waals surface area contributed by atoms with Crippen LogP contribution < -0.4 is 16.0 Å². The van der Waals surface area contributed by atoms with Crippen molar-refractivity contribution in [2.75, 3.05) is 24.3 Å². The minimum Gasteiger partial charge on any atom is -0.449 e. The maximum Gasteiger partial charge on any atom is 0.411 e. The number of nitrogens with one attached hydrogen (secondary N) is 3. The number of aryl methyl sites for hydroxylation is 1. The first kappa shape index (κ1) is 25.3. The van der Waals surface area contributed by atoms with Gasteiger partial charge in [0, 0.05) is 37.3 Å². The Kier molecular flexibility index (Phi) is 6.75. The quantitative estimate of drug-likeness (QED) is 0.452. The molecule has 3 aliphatic heterocycles. The predicted molar refractivity (Wildman–Crippen MR) is 141 cm³/mol. The van der Waals surface area contributed by atoms with Crippen molar-refractivity contribution >= 4 is 29.3 Å². The van der Waals surface area contributed by atoms with Gasteiger partial charge in [0.25, 0.3) is 5.91 Å². The number of carbonyl (C=O) groups is 3. The molecule has 0 spiro atoms. The first-order valence-corrected chi connectivity index (χ1v) is 12.4. The number of carbonyl (C=O) groups excluding carboxylic acids is 3. The van der Waals surface area contributed by atoms with Crippen molar-refractivity contribution in [1.82, 2.24) is 10.2 Å². The molecule has 0 aromatic heterocycles. The third-order valence-electron chi connectivity index (χ3n) is 7.02. The summed E-state index contributed by atoms with van der Waals surface area (Å²) >= 11 is 0. The normalized spacial score (nSPS) is 19.5. The molecule has 3 amide bonds. The Labute approximate surface area is 220 Å². The number of benzene rings is 3. The average Bonchev–Trinajstić information content (AvgIpc) is 3.24. The number of halogens is 1. The second kappa shape index (κ2) is 10.2. The van der Waals surface area contributed by atoms with Crippen LogP contribution in [0.15, 0.2) is 54.6 Å². The van der Waals surface area contributed by atoms with Crippen LogP contribution in [0.2, 0.25) is 0 Å². The van der Waals surface area contributed by atoms with Crippen LogP contribution >= 0.6 is 0 Å². The zero-order valence-electron chi connectivity index (χ0n) is 21.4. The first-order chi connectivity index (χ1) is 18.2. The van der Waals surface area contributed by atoms with Crippen LogP contribution in [0, 0.1) is 12.7 Å². The van der Waals surface area contributed by atoms with Crippen LogP contribution in [-0.4, -0.2) is 36.5 Å². The van der Waals surface area contributed by atoms with Crippen molar-refractivity contribution in [3.63, 3.8) is 0 Å². The summed E-state index contributed by atoms with van der Waals surface area (Å²) < 4.78 is 20.6. The number of rotatable bonds is 2. The summed E-state index contributed by atoms with van der Waals surface area (Å²) in [6.45, 7) is 4.59. The number of likely N-dealkylation sites (N-methyl/N-ethyl adjacent to an activating group) is 1. The molecule has 4 bridgehead atoms. The maximum atomic E-state index is 15.1. The topological polar surface area (TPSA) is 99.8 Å². The average molecular weight is 517 g/mol. The van der Waals surface area contributed by atoms with Gasteiger partial charge in [-0.25, -0.2) is 9.18 Å². The molecule has 0 aliphatic carbocycles. The summed E-state index contributed by atoms with van der Waals surface area (Å²) in [4.78, 5) is 40.0. The fourth-order valence-electron chi connectivity index (χ4n) is 4.99. The highest BCUT2D eigenvalue weighted by molar-refractivity contribution is 5.99. The molecule has 6 rings (SSSR count). The van der Waals surface area contributed by atoms with Gasteiger partial charge >= 0.3 is 6.09 Å². The van der Waals surface area contributed by atoms with Crippen LogP contribution in [0.25, 0.3) is 0 Å². The zero-order chi connectivity index (χ0) is 27.0. The molecular weight excluding hydrogens is 487 g/mol. The molecule has 2 atom stereocenters. The largest absolute Gasteiger partial charge is 0.449 e. The van der Waals surface area contributed by atoms with E-state index in [4.69, 9.17) is 4.74 Å². The number of fused-ring (bicyclic) bond motifs is 10. The number of hydrogen-bond donors (Lipinski definition) is 3. The maximum absolute atomic E-state index is 15.1. The molecule has 8 nitrogen and oxygen atoms in total. The molecule has 0 saturated carbocycles. The van der Waals surface area contributed by atoms with Gasteiger partial charge in [-0.2, -0.15) is 0 Å². The van der Waals surface area contributed by atoms with E-state index < -0.39 is 18.0 Å². The van der Waals surface area contributed by atoms with Gasteiger partial charge in [-0.15, -0.1) is 0 Å². The van der Waals surface area contributed by atoms with Crippen LogP contribution in [0.4, 0.5) is 20.6 Å². The van der Waals surface area contributed by atoms with Gasteiger partial charge in [-0.3, -0.25) is 14.9 Å². The van der Waals surface area contributed by atoms with Gasteiger partial charge in [-0.05, 0) is 59.0 Å². The molecule has 0 unspecified atom stereocenters. The lowest BCUT2D eigenvalue weighted by molar-refractivity contribution is -0.131. The molecule has 9 heteroatoms. The molecule has 3 aromatic rings. The van der Waals surface area contributed by atoms with E-state index >= 15 is 4.39 Å². The van der Waals surface area contributed by atoms with Crippen molar-refractivity contribution < 1.29 is 23.5 Å².